The predicted molar refractivity (Wildman–Crippen MR) is 232 cm³/mol. The molecule has 0 heterocycles. The zero-order valence-corrected chi connectivity index (χ0v) is 29.7. The lowest BCUT2D eigenvalue weighted by atomic mass is 9.87. The molecule has 0 amide bonds. The van der Waals surface area contributed by atoms with Gasteiger partial charge in [-0.15, -0.1) is 0 Å². The summed E-state index contributed by atoms with van der Waals surface area (Å²) in [6, 6.07) is 67.3. The Morgan fingerprint density at radius 3 is 1.87 bits per heavy atom. The molecule has 10 aromatic rings. The van der Waals surface area contributed by atoms with E-state index in [4.69, 9.17) is 10.7 Å². The highest BCUT2D eigenvalue weighted by Gasteiger charge is 2.16. The van der Waals surface area contributed by atoms with Crippen LogP contribution in [0.5, 0.6) is 0 Å². The molecule has 0 aliphatic rings. The van der Waals surface area contributed by atoms with Gasteiger partial charge in [0, 0.05) is 5.56 Å². The van der Waals surface area contributed by atoms with Crippen molar-refractivity contribution in [2.45, 2.75) is 6.17 Å². The molecule has 254 valence electrons. The van der Waals surface area contributed by atoms with E-state index in [1.807, 2.05) is 30.3 Å². The SMILES string of the molecule is NC(/N=C(\C=C\c1ccc(-c2c3ccccc3cc3c2ccc2ccccc23)c2ccccc12)c1cccc2ccc3ccccc3c12)c1ccccc1. The summed E-state index contributed by atoms with van der Waals surface area (Å²) in [4.78, 5) is 5.24. The van der Waals surface area contributed by atoms with Crippen LogP contribution >= 0.6 is 0 Å². The molecule has 10 aromatic carbocycles. The van der Waals surface area contributed by atoms with Crippen LogP contribution in [0, 0.1) is 0 Å². The normalized spacial score (nSPS) is 12.9. The molecule has 2 heteroatoms. The average molecular weight is 689 g/mol. The Bertz CT molecular complexity index is 3120. The van der Waals surface area contributed by atoms with Crippen LogP contribution in [-0.4, -0.2) is 5.71 Å². The molecule has 0 aliphatic heterocycles. The maximum Gasteiger partial charge on any atom is 0.123 e. The summed E-state index contributed by atoms with van der Waals surface area (Å²) in [6.07, 6.45) is 3.84. The number of aliphatic imine (C=N–C) groups is 1. The largest absolute Gasteiger partial charge is 0.306 e. The smallest absolute Gasteiger partial charge is 0.123 e. The summed E-state index contributed by atoms with van der Waals surface area (Å²) in [6.45, 7) is 0. The van der Waals surface area contributed by atoms with Gasteiger partial charge in [0.1, 0.15) is 6.17 Å². The molecular formula is C52H36N2. The van der Waals surface area contributed by atoms with Crippen LogP contribution in [-0.2, 0) is 0 Å². The highest BCUT2D eigenvalue weighted by molar-refractivity contribution is 6.25. The Morgan fingerprint density at radius 2 is 1.06 bits per heavy atom. The second-order valence-corrected chi connectivity index (χ2v) is 14.0. The van der Waals surface area contributed by atoms with E-state index < -0.39 is 6.17 Å². The third-order valence-corrected chi connectivity index (χ3v) is 10.9. The van der Waals surface area contributed by atoms with Gasteiger partial charge < -0.3 is 5.73 Å². The van der Waals surface area contributed by atoms with Crippen molar-refractivity contribution in [2.24, 2.45) is 10.7 Å². The number of benzene rings is 10. The standard InChI is InChI=1S/C52H36N2/c53-52(38-15-2-1-3-16-38)54-49(47-24-12-18-37-26-25-35-14-5-8-21-42(35)50(37)47)32-29-36-28-30-45(44-23-11-10-19-40(36)44)51-43-22-9-6-17-39(43)33-48-41-20-7-4-13-34(41)27-31-46(48)51/h1-33,52H,53H2/b32-29+,54-49+. The van der Waals surface area contributed by atoms with Crippen molar-refractivity contribution in [3.05, 3.63) is 211 Å². The van der Waals surface area contributed by atoms with Gasteiger partial charge in [0.2, 0.25) is 0 Å². The van der Waals surface area contributed by atoms with Crippen molar-refractivity contribution in [1.29, 1.82) is 0 Å². The van der Waals surface area contributed by atoms with Crippen LogP contribution in [0.1, 0.15) is 22.9 Å². The van der Waals surface area contributed by atoms with E-state index in [0.29, 0.717) is 0 Å². The van der Waals surface area contributed by atoms with Gasteiger partial charge in [-0.3, -0.25) is 4.99 Å². The lowest BCUT2D eigenvalue weighted by molar-refractivity contribution is 0.778. The Labute approximate surface area is 314 Å². The number of allylic oxidation sites excluding steroid dienone is 1. The van der Waals surface area contributed by atoms with Crippen molar-refractivity contribution in [2.75, 3.05) is 0 Å². The number of hydrogen-bond donors (Lipinski definition) is 1. The molecule has 0 aromatic heterocycles. The minimum Gasteiger partial charge on any atom is -0.306 e. The molecule has 10 rings (SSSR count). The molecule has 54 heavy (non-hydrogen) atoms. The fourth-order valence-corrected chi connectivity index (χ4v) is 8.31. The quantitative estimate of drug-likeness (QED) is 0.105. The molecule has 0 radical (unpaired) electrons. The monoisotopic (exact) mass is 688 g/mol. The molecule has 0 aliphatic carbocycles. The second-order valence-electron chi connectivity index (χ2n) is 14.0. The van der Waals surface area contributed by atoms with Crippen LogP contribution in [0.3, 0.4) is 0 Å². The molecule has 0 fully saturated rings. The summed E-state index contributed by atoms with van der Waals surface area (Å²) >= 11 is 0. The van der Waals surface area contributed by atoms with Crippen LogP contribution in [0.2, 0.25) is 0 Å². The first-order valence-corrected chi connectivity index (χ1v) is 18.5. The van der Waals surface area contributed by atoms with Crippen molar-refractivity contribution in [1.82, 2.24) is 0 Å². The van der Waals surface area contributed by atoms with Crippen molar-refractivity contribution < 1.29 is 0 Å². The van der Waals surface area contributed by atoms with Gasteiger partial charge in [0.15, 0.2) is 0 Å². The Kier molecular flexibility index (Phi) is 7.83. The van der Waals surface area contributed by atoms with E-state index in [-0.39, 0.29) is 0 Å². The van der Waals surface area contributed by atoms with Gasteiger partial charge in [-0.2, -0.15) is 0 Å². The zero-order chi connectivity index (χ0) is 36.0. The minimum absolute atomic E-state index is 0.522. The first kappa shape index (κ1) is 31.8. The lowest BCUT2D eigenvalue weighted by Crippen LogP contribution is -2.11. The van der Waals surface area contributed by atoms with Crippen LogP contribution in [0.25, 0.3) is 81.8 Å². The van der Waals surface area contributed by atoms with E-state index in [1.54, 1.807) is 0 Å². The minimum atomic E-state index is -0.522. The fraction of sp³-hybridized carbons (Fsp3) is 0.0192. The van der Waals surface area contributed by atoms with E-state index in [0.717, 1.165) is 22.4 Å². The van der Waals surface area contributed by atoms with Crippen molar-refractivity contribution >= 4 is 76.4 Å². The topological polar surface area (TPSA) is 38.4 Å². The highest BCUT2D eigenvalue weighted by Crippen LogP contribution is 2.42. The first-order valence-electron chi connectivity index (χ1n) is 18.5. The van der Waals surface area contributed by atoms with Crippen molar-refractivity contribution in [3.63, 3.8) is 0 Å². The van der Waals surface area contributed by atoms with E-state index in [2.05, 4.69) is 170 Å². The number of fused-ring (bicyclic) bond motifs is 8. The number of rotatable bonds is 6. The second kappa shape index (κ2) is 13.3. The molecule has 1 unspecified atom stereocenters. The Balaban J connectivity index is 1.18. The lowest BCUT2D eigenvalue weighted by Gasteiger charge is -2.17. The summed E-state index contributed by atoms with van der Waals surface area (Å²) in [5.41, 5.74) is 13.3. The zero-order valence-electron chi connectivity index (χ0n) is 29.7. The van der Waals surface area contributed by atoms with Crippen LogP contribution in [0.15, 0.2) is 199 Å². The van der Waals surface area contributed by atoms with Gasteiger partial charge in [0.25, 0.3) is 0 Å². The first-order chi connectivity index (χ1) is 26.7. The predicted octanol–water partition coefficient (Wildman–Crippen LogP) is 13.4. The summed E-state index contributed by atoms with van der Waals surface area (Å²) in [7, 11) is 0. The van der Waals surface area contributed by atoms with Gasteiger partial charge in [-0.25, -0.2) is 0 Å². The molecule has 2 nitrogen and oxygen atoms in total. The molecule has 2 N–H and O–H groups in total. The van der Waals surface area contributed by atoms with Crippen LogP contribution < -0.4 is 5.73 Å². The van der Waals surface area contributed by atoms with E-state index in [9.17, 15) is 0 Å². The van der Waals surface area contributed by atoms with E-state index >= 15 is 0 Å². The fourth-order valence-electron chi connectivity index (χ4n) is 8.31. The molecule has 0 saturated carbocycles. The van der Waals surface area contributed by atoms with Gasteiger partial charge in [0.05, 0.1) is 5.71 Å². The molecular weight excluding hydrogens is 653 g/mol. The number of nitrogens with zero attached hydrogens (tertiary/aromatic N) is 1. The Morgan fingerprint density at radius 1 is 0.444 bits per heavy atom. The van der Waals surface area contributed by atoms with Gasteiger partial charge >= 0.3 is 0 Å². The highest BCUT2D eigenvalue weighted by atomic mass is 14.9. The average Bonchev–Trinajstić information content (AvgIpc) is 3.24. The number of hydrogen-bond acceptors (Lipinski definition) is 2. The molecule has 1 atom stereocenters. The van der Waals surface area contributed by atoms with Gasteiger partial charge in [-0.05, 0) is 99.0 Å². The molecule has 0 spiro atoms. The molecule has 0 bridgehead atoms. The Hall–Kier alpha value is -6.87. The third-order valence-electron chi connectivity index (χ3n) is 10.9. The summed E-state index contributed by atoms with van der Waals surface area (Å²) < 4.78 is 0. The molecule has 0 saturated heterocycles. The maximum atomic E-state index is 6.84. The third kappa shape index (κ3) is 5.44. The van der Waals surface area contributed by atoms with Gasteiger partial charge in [-0.1, -0.05) is 188 Å². The number of nitrogens with two attached hydrogens (primary N) is 1. The maximum absolute atomic E-state index is 6.84. The van der Waals surface area contributed by atoms with E-state index in [1.165, 1.54) is 75.8 Å². The summed E-state index contributed by atoms with van der Waals surface area (Å²) in [5, 5.41) is 14.7. The summed E-state index contributed by atoms with van der Waals surface area (Å²) in [5.74, 6) is 0. The van der Waals surface area contributed by atoms with Crippen molar-refractivity contribution in [3.8, 4) is 11.1 Å². The van der Waals surface area contributed by atoms with Crippen LogP contribution in [0.4, 0.5) is 0 Å².